The van der Waals surface area contributed by atoms with Crippen LogP contribution in [0.15, 0.2) is 18.3 Å². The van der Waals surface area contributed by atoms with Crippen molar-refractivity contribution in [1.29, 1.82) is 0 Å². The molecule has 0 unspecified atom stereocenters. The number of allylic oxidation sites excluding steroid dienone is 1. The molecule has 3 nitrogen and oxygen atoms in total. The molecule has 0 aromatic carbocycles. The largest absolute Gasteiger partial charge is 0.492 e. The Morgan fingerprint density at radius 3 is 2.58 bits per heavy atom. The zero-order valence-electron chi connectivity index (χ0n) is 16.1. The summed E-state index contributed by atoms with van der Waals surface area (Å²) in [5.41, 5.74) is 1.86. The van der Waals surface area contributed by atoms with E-state index in [1.165, 1.54) is 12.8 Å². The van der Waals surface area contributed by atoms with Gasteiger partial charge in [-0.05, 0) is 57.6 Å². The molecular weight excluding hydrogens is 298 g/mol. The molecule has 1 aliphatic carbocycles. The van der Waals surface area contributed by atoms with E-state index in [2.05, 4.69) is 24.9 Å². The third-order valence-electron chi connectivity index (χ3n) is 4.37. The SMILES string of the molecule is C/C=C\c1cc(OCCCC)cnc1C.CCCC1CC(C)(O)C1. The molecule has 0 saturated heterocycles. The summed E-state index contributed by atoms with van der Waals surface area (Å²) in [4.78, 5) is 4.30. The molecule has 1 aliphatic rings. The average molecular weight is 334 g/mol. The van der Waals surface area contributed by atoms with Gasteiger partial charge in [0.05, 0.1) is 18.4 Å². The Hall–Kier alpha value is -1.35. The molecule has 136 valence electrons. The Kier molecular flexibility index (Phi) is 9.05. The van der Waals surface area contributed by atoms with E-state index >= 15 is 0 Å². The molecule has 0 aliphatic heterocycles. The molecule has 0 atom stereocenters. The van der Waals surface area contributed by atoms with Gasteiger partial charge in [0.25, 0.3) is 0 Å². The third kappa shape index (κ3) is 7.48. The van der Waals surface area contributed by atoms with E-state index in [0.717, 1.165) is 55.2 Å². The van der Waals surface area contributed by atoms with Crippen molar-refractivity contribution >= 4 is 6.08 Å². The van der Waals surface area contributed by atoms with Crippen LogP contribution < -0.4 is 4.74 Å². The van der Waals surface area contributed by atoms with E-state index in [1.807, 2.05) is 32.9 Å². The van der Waals surface area contributed by atoms with Gasteiger partial charge in [0.15, 0.2) is 0 Å². The maximum absolute atomic E-state index is 9.31. The van der Waals surface area contributed by atoms with Crippen LogP contribution in [-0.2, 0) is 0 Å². The van der Waals surface area contributed by atoms with Crippen LogP contribution in [-0.4, -0.2) is 22.3 Å². The van der Waals surface area contributed by atoms with E-state index < -0.39 is 0 Å². The van der Waals surface area contributed by atoms with Gasteiger partial charge in [-0.25, -0.2) is 0 Å². The minimum Gasteiger partial charge on any atom is -0.492 e. The third-order valence-corrected chi connectivity index (χ3v) is 4.37. The second kappa shape index (κ2) is 10.5. The first kappa shape index (κ1) is 20.7. The molecular formula is C21H35NO2. The average Bonchev–Trinajstić information content (AvgIpc) is 2.50. The first-order valence-corrected chi connectivity index (χ1v) is 9.36. The number of hydrogen-bond acceptors (Lipinski definition) is 3. The van der Waals surface area contributed by atoms with Crippen LogP contribution in [0.1, 0.15) is 77.5 Å². The predicted molar refractivity (Wildman–Crippen MR) is 102 cm³/mol. The quantitative estimate of drug-likeness (QED) is 0.665. The Morgan fingerprint density at radius 2 is 2.04 bits per heavy atom. The van der Waals surface area contributed by atoms with Crippen LogP contribution >= 0.6 is 0 Å². The number of rotatable bonds is 7. The first-order valence-electron chi connectivity index (χ1n) is 9.36. The monoisotopic (exact) mass is 333 g/mol. The highest BCUT2D eigenvalue weighted by molar-refractivity contribution is 5.53. The van der Waals surface area contributed by atoms with Crippen molar-refractivity contribution in [3.05, 3.63) is 29.6 Å². The van der Waals surface area contributed by atoms with Gasteiger partial charge in [0, 0.05) is 5.69 Å². The van der Waals surface area contributed by atoms with Crippen molar-refractivity contribution in [3.63, 3.8) is 0 Å². The van der Waals surface area contributed by atoms with E-state index in [1.54, 1.807) is 6.20 Å². The summed E-state index contributed by atoms with van der Waals surface area (Å²) >= 11 is 0. The lowest BCUT2D eigenvalue weighted by molar-refractivity contribution is -0.0593. The Morgan fingerprint density at radius 1 is 1.33 bits per heavy atom. The lowest BCUT2D eigenvalue weighted by Gasteiger charge is -2.40. The molecule has 3 heteroatoms. The van der Waals surface area contributed by atoms with Crippen LogP contribution in [0.25, 0.3) is 6.08 Å². The summed E-state index contributed by atoms with van der Waals surface area (Å²) in [6.45, 7) is 11.1. The van der Waals surface area contributed by atoms with Gasteiger partial charge in [-0.1, -0.05) is 45.3 Å². The number of aromatic nitrogens is 1. The Bertz CT molecular complexity index is 501. The maximum atomic E-state index is 9.31. The molecule has 1 aromatic heterocycles. The van der Waals surface area contributed by atoms with Gasteiger partial charge >= 0.3 is 0 Å². The van der Waals surface area contributed by atoms with Gasteiger partial charge < -0.3 is 9.84 Å². The molecule has 0 radical (unpaired) electrons. The fourth-order valence-electron chi connectivity index (χ4n) is 3.09. The topological polar surface area (TPSA) is 42.4 Å². The molecule has 1 saturated carbocycles. The van der Waals surface area contributed by atoms with Crippen molar-refractivity contribution in [2.75, 3.05) is 6.61 Å². The first-order chi connectivity index (χ1) is 11.4. The van der Waals surface area contributed by atoms with Crippen molar-refractivity contribution in [2.45, 2.75) is 78.7 Å². The van der Waals surface area contributed by atoms with Gasteiger partial charge in [-0.3, -0.25) is 4.98 Å². The van der Waals surface area contributed by atoms with Crippen molar-refractivity contribution in [1.82, 2.24) is 4.98 Å². The lowest BCUT2D eigenvalue weighted by Crippen LogP contribution is -2.40. The minimum absolute atomic E-state index is 0.306. The summed E-state index contributed by atoms with van der Waals surface area (Å²) in [5, 5.41) is 9.31. The van der Waals surface area contributed by atoms with Crippen molar-refractivity contribution in [2.24, 2.45) is 5.92 Å². The number of aliphatic hydroxyl groups is 1. The number of nitrogens with zero attached hydrogens (tertiary/aromatic N) is 1. The second-order valence-corrected chi connectivity index (χ2v) is 7.11. The molecule has 0 amide bonds. The molecule has 1 aromatic rings. The van der Waals surface area contributed by atoms with Gasteiger partial charge in [0.2, 0.25) is 0 Å². The zero-order chi connectivity index (χ0) is 18.0. The summed E-state index contributed by atoms with van der Waals surface area (Å²) in [7, 11) is 0. The molecule has 0 spiro atoms. The summed E-state index contributed by atoms with van der Waals surface area (Å²) in [6.07, 6.45) is 12.7. The molecule has 1 N–H and O–H groups in total. The maximum Gasteiger partial charge on any atom is 0.138 e. The van der Waals surface area contributed by atoms with E-state index in [4.69, 9.17) is 4.74 Å². The fraction of sp³-hybridized carbons (Fsp3) is 0.667. The van der Waals surface area contributed by atoms with E-state index in [-0.39, 0.29) is 5.60 Å². The fourth-order valence-corrected chi connectivity index (χ4v) is 3.09. The molecule has 24 heavy (non-hydrogen) atoms. The molecule has 1 heterocycles. The van der Waals surface area contributed by atoms with Crippen LogP contribution in [0, 0.1) is 12.8 Å². The van der Waals surface area contributed by atoms with Gasteiger partial charge in [-0.15, -0.1) is 0 Å². The lowest BCUT2D eigenvalue weighted by atomic mass is 9.70. The number of pyridine rings is 1. The normalized spacial score (nSPS) is 22.7. The van der Waals surface area contributed by atoms with E-state index in [0.29, 0.717) is 0 Å². The van der Waals surface area contributed by atoms with Gasteiger partial charge in [-0.2, -0.15) is 0 Å². The van der Waals surface area contributed by atoms with Crippen LogP contribution in [0.5, 0.6) is 5.75 Å². The molecule has 2 rings (SSSR count). The highest BCUT2D eigenvalue weighted by Gasteiger charge is 2.37. The molecule has 1 fully saturated rings. The minimum atomic E-state index is -0.306. The predicted octanol–water partition coefficient (Wildman–Crippen LogP) is 5.55. The summed E-state index contributed by atoms with van der Waals surface area (Å²) in [6, 6.07) is 2.04. The standard InChI is InChI=1S/C13H19NO.C8H16O/c1-4-6-8-15-13-9-12(7-5-2)11(3)14-10-13;1-3-4-7-5-8(2,9)6-7/h5,7,9-10H,4,6,8H2,1-3H3;7,9H,3-6H2,1-2H3/b7-5-;. The Labute approximate surface area is 148 Å². The number of aryl methyl sites for hydroxylation is 1. The Balaban J connectivity index is 0.000000272. The number of ether oxygens (including phenoxy) is 1. The highest BCUT2D eigenvalue weighted by Crippen LogP contribution is 2.39. The van der Waals surface area contributed by atoms with Crippen LogP contribution in [0.4, 0.5) is 0 Å². The summed E-state index contributed by atoms with van der Waals surface area (Å²) < 4.78 is 5.59. The summed E-state index contributed by atoms with van der Waals surface area (Å²) in [5.74, 6) is 1.69. The number of hydrogen-bond donors (Lipinski definition) is 1. The van der Waals surface area contributed by atoms with Crippen LogP contribution in [0.3, 0.4) is 0 Å². The zero-order valence-corrected chi connectivity index (χ0v) is 16.1. The van der Waals surface area contributed by atoms with E-state index in [9.17, 15) is 5.11 Å². The van der Waals surface area contributed by atoms with Gasteiger partial charge in [0.1, 0.15) is 5.75 Å². The smallest absolute Gasteiger partial charge is 0.138 e. The van der Waals surface area contributed by atoms with Crippen LogP contribution in [0.2, 0.25) is 0 Å². The van der Waals surface area contributed by atoms with Crippen molar-refractivity contribution in [3.8, 4) is 5.75 Å². The second-order valence-electron chi connectivity index (χ2n) is 7.11. The number of unbranched alkanes of at least 4 members (excludes halogenated alkanes) is 1. The molecule has 0 bridgehead atoms. The van der Waals surface area contributed by atoms with Crippen molar-refractivity contribution < 1.29 is 9.84 Å². The highest BCUT2D eigenvalue weighted by atomic mass is 16.5.